The summed E-state index contributed by atoms with van der Waals surface area (Å²) in [6, 6.07) is 0.391. The summed E-state index contributed by atoms with van der Waals surface area (Å²) >= 11 is 0. The standard InChI is InChI=1S/C14H24N2O2/c17-12-4-2-11(3-5-12)16-9-7-14(13(16)18)6-1-8-15-10-14/h11-12,15,17H,1-10H2. The van der Waals surface area contributed by atoms with Crippen molar-refractivity contribution in [3.63, 3.8) is 0 Å². The van der Waals surface area contributed by atoms with Crippen LogP contribution in [0.25, 0.3) is 0 Å². The number of piperidine rings is 1. The molecule has 102 valence electrons. The summed E-state index contributed by atoms with van der Waals surface area (Å²) in [5.41, 5.74) is -0.0890. The van der Waals surface area contributed by atoms with Crippen LogP contribution in [0.15, 0.2) is 0 Å². The van der Waals surface area contributed by atoms with Crippen molar-refractivity contribution in [1.82, 2.24) is 10.2 Å². The van der Waals surface area contributed by atoms with Crippen molar-refractivity contribution >= 4 is 5.91 Å². The van der Waals surface area contributed by atoms with Crippen molar-refractivity contribution in [2.75, 3.05) is 19.6 Å². The Morgan fingerprint density at radius 2 is 2.00 bits per heavy atom. The molecule has 4 nitrogen and oxygen atoms in total. The van der Waals surface area contributed by atoms with Crippen molar-refractivity contribution in [3.05, 3.63) is 0 Å². The van der Waals surface area contributed by atoms with Crippen LogP contribution in [-0.4, -0.2) is 47.7 Å². The first-order valence-electron chi connectivity index (χ1n) is 7.41. The molecule has 1 aliphatic carbocycles. The van der Waals surface area contributed by atoms with Gasteiger partial charge in [0.1, 0.15) is 0 Å². The normalized spacial score (nSPS) is 41.6. The van der Waals surface area contributed by atoms with Crippen molar-refractivity contribution in [1.29, 1.82) is 0 Å². The number of carbonyl (C=O) groups excluding carboxylic acids is 1. The SMILES string of the molecule is O=C1N(C2CCC(O)CC2)CCC12CCCNC2. The highest BCUT2D eigenvalue weighted by atomic mass is 16.3. The lowest BCUT2D eigenvalue weighted by molar-refractivity contribution is -0.139. The molecular weight excluding hydrogens is 228 g/mol. The lowest BCUT2D eigenvalue weighted by Crippen LogP contribution is -2.48. The average molecular weight is 252 g/mol. The van der Waals surface area contributed by atoms with Crippen molar-refractivity contribution in [2.24, 2.45) is 5.41 Å². The maximum absolute atomic E-state index is 12.7. The largest absolute Gasteiger partial charge is 0.393 e. The average Bonchev–Trinajstić information content (AvgIpc) is 2.70. The number of aliphatic hydroxyl groups is 1. The molecule has 2 saturated heterocycles. The minimum atomic E-state index is -0.135. The summed E-state index contributed by atoms with van der Waals surface area (Å²) in [7, 11) is 0. The van der Waals surface area contributed by atoms with Gasteiger partial charge in [-0.25, -0.2) is 0 Å². The molecule has 18 heavy (non-hydrogen) atoms. The predicted molar refractivity (Wildman–Crippen MR) is 69.1 cm³/mol. The Labute approximate surface area is 109 Å². The van der Waals surface area contributed by atoms with E-state index in [1.807, 2.05) is 0 Å². The van der Waals surface area contributed by atoms with Crippen LogP contribution in [0.3, 0.4) is 0 Å². The van der Waals surface area contributed by atoms with Gasteiger partial charge < -0.3 is 15.3 Å². The van der Waals surface area contributed by atoms with Gasteiger partial charge in [-0.2, -0.15) is 0 Å². The van der Waals surface area contributed by atoms with Gasteiger partial charge in [0.25, 0.3) is 0 Å². The molecule has 1 atom stereocenters. The predicted octanol–water partition coefficient (Wildman–Crippen LogP) is 0.892. The Balaban J connectivity index is 1.66. The number of aliphatic hydroxyl groups excluding tert-OH is 1. The molecule has 3 fully saturated rings. The summed E-state index contributed by atoms with van der Waals surface area (Å²) in [5.74, 6) is 0.385. The van der Waals surface area contributed by atoms with E-state index in [2.05, 4.69) is 10.2 Å². The summed E-state index contributed by atoms with van der Waals surface area (Å²) < 4.78 is 0. The van der Waals surface area contributed by atoms with Crippen molar-refractivity contribution < 1.29 is 9.90 Å². The Morgan fingerprint density at radius 3 is 2.67 bits per heavy atom. The van der Waals surface area contributed by atoms with Crippen LogP contribution in [-0.2, 0) is 4.79 Å². The van der Waals surface area contributed by atoms with Gasteiger partial charge >= 0.3 is 0 Å². The molecule has 1 amide bonds. The number of nitrogens with one attached hydrogen (secondary N) is 1. The molecule has 2 N–H and O–H groups in total. The lowest BCUT2D eigenvalue weighted by atomic mass is 9.79. The van der Waals surface area contributed by atoms with Gasteiger partial charge in [0.2, 0.25) is 5.91 Å². The second kappa shape index (κ2) is 4.82. The third kappa shape index (κ3) is 2.05. The Morgan fingerprint density at radius 1 is 1.22 bits per heavy atom. The highest BCUT2D eigenvalue weighted by Crippen LogP contribution is 2.40. The van der Waals surface area contributed by atoms with E-state index in [1.165, 1.54) is 0 Å². The zero-order valence-corrected chi connectivity index (χ0v) is 11.0. The number of amides is 1. The summed E-state index contributed by atoms with van der Waals surface area (Å²) in [5, 5.41) is 13.0. The van der Waals surface area contributed by atoms with Gasteiger partial charge in [0, 0.05) is 19.1 Å². The third-order valence-electron chi connectivity index (χ3n) is 5.13. The summed E-state index contributed by atoms with van der Waals surface area (Å²) in [6.07, 6.45) is 6.77. The highest BCUT2D eigenvalue weighted by Gasteiger charge is 2.48. The molecule has 2 aliphatic heterocycles. The molecule has 0 bridgehead atoms. The van der Waals surface area contributed by atoms with Gasteiger partial charge in [-0.1, -0.05) is 0 Å². The van der Waals surface area contributed by atoms with Gasteiger partial charge in [0.05, 0.1) is 11.5 Å². The van der Waals surface area contributed by atoms with E-state index in [4.69, 9.17) is 0 Å². The van der Waals surface area contributed by atoms with E-state index >= 15 is 0 Å². The van der Waals surface area contributed by atoms with Crippen LogP contribution in [0, 0.1) is 5.41 Å². The number of carbonyl (C=O) groups is 1. The van der Waals surface area contributed by atoms with Gasteiger partial charge in [-0.15, -0.1) is 0 Å². The molecule has 1 spiro atoms. The minimum Gasteiger partial charge on any atom is -0.393 e. The molecule has 3 rings (SSSR count). The molecule has 0 aromatic rings. The number of nitrogens with zero attached hydrogens (tertiary/aromatic N) is 1. The Bertz CT molecular complexity index is 318. The number of hydrogen-bond donors (Lipinski definition) is 2. The van der Waals surface area contributed by atoms with E-state index in [9.17, 15) is 9.90 Å². The lowest BCUT2D eigenvalue weighted by Gasteiger charge is -2.36. The molecule has 3 aliphatic rings. The first-order chi connectivity index (χ1) is 8.71. The molecule has 0 aromatic heterocycles. The molecule has 0 aromatic carbocycles. The maximum Gasteiger partial charge on any atom is 0.230 e. The Hall–Kier alpha value is -0.610. The van der Waals surface area contributed by atoms with Crippen LogP contribution >= 0.6 is 0 Å². The van der Waals surface area contributed by atoms with Crippen molar-refractivity contribution in [3.8, 4) is 0 Å². The second-order valence-electron chi connectivity index (χ2n) is 6.27. The minimum absolute atomic E-state index is 0.0890. The van der Waals surface area contributed by atoms with Crippen LogP contribution in [0.2, 0.25) is 0 Å². The van der Waals surface area contributed by atoms with E-state index in [0.717, 1.165) is 64.6 Å². The quantitative estimate of drug-likeness (QED) is 0.729. The number of likely N-dealkylation sites (tertiary alicyclic amines) is 1. The van der Waals surface area contributed by atoms with Crippen molar-refractivity contribution in [2.45, 2.75) is 57.1 Å². The van der Waals surface area contributed by atoms with Crippen LogP contribution in [0.4, 0.5) is 0 Å². The fourth-order valence-corrected chi connectivity index (χ4v) is 3.93. The molecule has 4 heteroatoms. The topological polar surface area (TPSA) is 52.6 Å². The highest BCUT2D eigenvalue weighted by molar-refractivity contribution is 5.85. The molecule has 2 heterocycles. The molecule has 1 unspecified atom stereocenters. The fourth-order valence-electron chi connectivity index (χ4n) is 3.93. The second-order valence-corrected chi connectivity index (χ2v) is 6.27. The first kappa shape index (κ1) is 12.4. The maximum atomic E-state index is 12.7. The number of rotatable bonds is 1. The summed E-state index contributed by atoms with van der Waals surface area (Å²) in [6.45, 7) is 2.86. The van der Waals surface area contributed by atoms with Crippen LogP contribution in [0.1, 0.15) is 44.9 Å². The molecular formula is C14H24N2O2. The van der Waals surface area contributed by atoms with Crippen LogP contribution in [0.5, 0.6) is 0 Å². The van der Waals surface area contributed by atoms with Gasteiger partial charge in [-0.3, -0.25) is 4.79 Å². The first-order valence-corrected chi connectivity index (χ1v) is 7.41. The molecule has 1 saturated carbocycles. The monoisotopic (exact) mass is 252 g/mol. The van der Waals surface area contributed by atoms with E-state index in [0.29, 0.717) is 11.9 Å². The van der Waals surface area contributed by atoms with E-state index < -0.39 is 0 Å². The molecule has 0 radical (unpaired) electrons. The van der Waals surface area contributed by atoms with E-state index in [-0.39, 0.29) is 11.5 Å². The van der Waals surface area contributed by atoms with Gasteiger partial charge in [0.15, 0.2) is 0 Å². The smallest absolute Gasteiger partial charge is 0.230 e. The number of hydrogen-bond acceptors (Lipinski definition) is 3. The Kier molecular flexibility index (Phi) is 3.32. The van der Waals surface area contributed by atoms with Gasteiger partial charge in [-0.05, 0) is 51.5 Å². The zero-order valence-electron chi connectivity index (χ0n) is 11.0. The third-order valence-corrected chi connectivity index (χ3v) is 5.13. The fraction of sp³-hybridized carbons (Fsp3) is 0.929. The van der Waals surface area contributed by atoms with Crippen LogP contribution < -0.4 is 5.32 Å². The summed E-state index contributed by atoms with van der Waals surface area (Å²) in [4.78, 5) is 14.8. The zero-order chi connectivity index (χ0) is 12.6. The van der Waals surface area contributed by atoms with E-state index in [1.54, 1.807) is 0 Å².